The van der Waals surface area contributed by atoms with E-state index < -0.39 is 0 Å². The average molecular weight is 378 g/mol. The van der Waals surface area contributed by atoms with E-state index in [1.54, 1.807) is 19.1 Å². The highest BCUT2D eigenvalue weighted by atomic mass is 32.2. The van der Waals surface area contributed by atoms with Crippen LogP contribution >= 0.6 is 23.1 Å². The number of halogens is 1. The minimum Gasteiger partial charge on any atom is -0.410 e. The molecule has 3 aromatic rings. The van der Waals surface area contributed by atoms with Crippen LogP contribution in [0.25, 0.3) is 10.8 Å². The fourth-order valence-electron chi connectivity index (χ4n) is 2.08. The van der Waals surface area contributed by atoms with Crippen molar-refractivity contribution >= 4 is 34.7 Å². The number of nitrogens with zero attached hydrogens (tertiary/aromatic N) is 3. The number of benzene rings is 1. The van der Waals surface area contributed by atoms with Crippen LogP contribution in [-0.4, -0.2) is 26.8 Å². The molecule has 25 heavy (non-hydrogen) atoms. The van der Waals surface area contributed by atoms with Gasteiger partial charge in [0.25, 0.3) is 11.1 Å². The Labute approximate surface area is 151 Å². The maximum Gasteiger partial charge on any atom is 0.277 e. The van der Waals surface area contributed by atoms with Gasteiger partial charge in [-0.15, -0.1) is 21.5 Å². The first-order valence-corrected chi connectivity index (χ1v) is 9.19. The molecular formula is C16H15FN4O2S2. The molecule has 2 aromatic heterocycles. The Hall–Kier alpha value is -2.26. The van der Waals surface area contributed by atoms with E-state index in [1.807, 2.05) is 13.8 Å². The van der Waals surface area contributed by atoms with Gasteiger partial charge in [-0.25, -0.2) is 9.37 Å². The van der Waals surface area contributed by atoms with Crippen LogP contribution in [-0.2, 0) is 4.79 Å². The molecule has 0 spiro atoms. The summed E-state index contributed by atoms with van der Waals surface area (Å²) < 4.78 is 19.1. The van der Waals surface area contributed by atoms with Crippen LogP contribution in [0.5, 0.6) is 0 Å². The molecule has 0 unspecified atom stereocenters. The molecule has 6 nitrogen and oxygen atoms in total. The van der Waals surface area contributed by atoms with E-state index in [1.165, 1.54) is 17.4 Å². The monoisotopic (exact) mass is 378 g/mol. The third-order valence-electron chi connectivity index (χ3n) is 3.29. The summed E-state index contributed by atoms with van der Waals surface area (Å²) in [6.45, 7) is 5.45. The van der Waals surface area contributed by atoms with E-state index in [9.17, 15) is 9.18 Å². The molecule has 0 aliphatic rings. The Bertz CT molecular complexity index is 923. The molecule has 9 heteroatoms. The minimum absolute atomic E-state index is 0.0812. The summed E-state index contributed by atoms with van der Waals surface area (Å²) in [6, 6.07) is 4.56. The molecule has 1 N–H and O–H groups in total. The molecule has 1 amide bonds. The van der Waals surface area contributed by atoms with Crippen LogP contribution in [0.2, 0.25) is 0 Å². The lowest BCUT2D eigenvalue weighted by Crippen LogP contribution is -2.14. The van der Waals surface area contributed by atoms with Gasteiger partial charge in [-0.2, -0.15) is 0 Å². The minimum atomic E-state index is -0.359. The summed E-state index contributed by atoms with van der Waals surface area (Å²) in [6.07, 6.45) is 0. The summed E-state index contributed by atoms with van der Waals surface area (Å²) >= 11 is 2.60. The molecule has 0 bridgehead atoms. The first-order chi connectivity index (χ1) is 11.9. The van der Waals surface area contributed by atoms with Crippen LogP contribution < -0.4 is 5.32 Å². The molecule has 0 atom stereocenters. The lowest BCUT2D eigenvalue weighted by Gasteiger charge is -2.05. The molecule has 0 radical (unpaired) electrons. The highest BCUT2D eigenvalue weighted by Gasteiger charge is 2.16. The number of carbonyl (C=O) groups excluding carboxylic acids is 1. The number of aryl methyl sites for hydroxylation is 3. The first-order valence-electron chi connectivity index (χ1n) is 7.39. The Morgan fingerprint density at radius 2 is 2.12 bits per heavy atom. The molecule has 0 fully saturated rings. The molecule has 0 saturated heterocycles. The van der Waals surface area contributed by atoms with Crippen molar-refractivity contribution in [3.63, 3.8) is 0 Å². The summed E-state index contributed by atoms with van der Waals surface area (Å²) in [5.74, 6) is -0.163. The first kappa shape index (κ1) is 17.6. The second-order valence-electron chi connectivity index (χ2n) is 5.32. The van der Waals surface area contributed by atoms with Crippen molar-refractivity contribution in [2.24, 2.45) is 0 Å². The largest absolute Gasteiger partial charge is 0.410 e. The average Bonchev–Trinajstić information content (AvgIpc) is 3.15. The van der Waals surface area contributed by atoms with Gasteiger partial charge in [0.15, 0.2) is 0 Å². The van der Waals surface area contributed by atoms with E-state index >= 15 is 0 Å². The van der Waals surface area contributed by atoms with Gasteiger partial charge >= 0.3 is 0 Å². The van der Waals surface area contributed by atoms with Gasteiger partial charge in [0.1, 0.15) is 10.7 Å². The van der Waals surface area contributed by atoms with Gasteiger partial charge in [0.2, 0.25) is 5.91 Å². The topological polar surface area (TPSA) is 80.9 Å². The molecule has 0 aliphatic heterocycles. The summed E-state index contributed by atoms with van der Waals surface area (Å²) in [4.78, 5) is 17.1. The smallest absolute Gasteiger partial charge is 0.277 e. The maximum absolute atomic E-state index is 13.5. The standard InChI is InChI=1S/C16H15FN4O2S2/c1-8-4-5-11(6-12(8)17)19-13(22)7-24-16-21-20-15(23-16)14-9(2)18-10(3)25-14/h4-6H,7H2,1-3H3,(H,19,22). The molecule has 130 valence electrons. The van der Waals surface area contributed by atoms with Gasteiger partial charge in [0.05, 0.1) is 16.5 Å². The lowest BCUT2D eigenvalue weighted by molar-refractivity contribution is -0.113. The van der Waals surface area contributed by atoms with E-state index in [2.05, 4.69) is 20.5 Å². The Morgan fingerprint density at radius 3 is 2.80 bits per heavy atom. The fourth-order valence-corrected chi connectivity index (χ4v) is 3.49. The van der Waals surface area contributed by atoms with Crippen molar-refractivity contribution in [2.45, 2.75) is 26.0 Å². The number of hydrogen-bond donors (Lipinski definition) is 1. The van der Waals surface area contributed by atoms with Crippen LogP contribution in [0.15, 0.2) is 27.8 Å². The van der Waals surface area contributed by atoms with Crippen molar-refractivity contribution in [1.82, 2.24) is 15.2 Å². The van der Waals surface area contributed by atoms with Gasteiger partial charge in [-0.05, 0) is 38.5 Å². The molecule has 1 aromatic carbocycles. The summed E-state index contributed by atoms with van der Waals surface area (Å²) in [7, 11) is 0. The summed E-state index contributed by atoms with van der Waals surface area (Å²) in [5, 5.41) is 11.8. The normalized spacial score (nSPS) is 10.9. The predicted octanol–water partition coefficient (Wildman–Crippen LogP) is 3.99. The number of thioether (sulfide) groups is 1. The summed E-state index contributed by atoms with van der Waals surface area (Å²) in [5.41, 5.74) is 1.77. The molecule has 0 saturated carbocycles. The number of carbonyl (C=O) groups is 1. The SMILES string of the molecule is Cc1nc(C)c(-c2nnc(SCC(=O)Nc3ccc(C)c(F)c3)o2)s1. The zero-order valence-electron chi connectivity index (χ0n) is 13.8. The van der Waals surface area contributed by atoms with E-state index in [0.29, 0.717) is 22.4 Å². The molecule has 3 rings (SSSR count). The van der Waals surface area contributed by atoms with Gasteiger partial charge in [-0.3, -0.25) is 4.79 Å². The number of thiazole rings is 1. The second kappa shape index (κ2) is 7.32. The van der Waals surface area contributed by atoms with E-state index in [0.717, 1.165) is 27.3 Å². The number of anilines is 1. The lowest BCUT2D eigenvalue weighted by atomic mass is 10.2. The highest BCUT2D eigenvalue weighted by Crippen LogP contribution is 2.30. The van der Waals surface area contributed by atoms with E-state index in [-0.39, 0.29) is 17.5 Å². The quantitative estimate of drug-likeness (QED) is 0.676. The number of aromatic nitrogens is 3. The predicted molar refractivity (Wildman–Crippen MR) is 95.4 cm³/mol. The molecule has 0 aliphatic carbocycles. The number of nitrogens with one attached hydrogen (secondary N) is 1. The van der Waals surface area contributed by atoms with Gasteiger partial charge < -0.3 is 9.73 Å². The zero-order chi connectivity index (χ0) is 18.0. The number of amides is 1. The molecule has 2 heterocycles. The highest BCUT2D eigenvalue weighted by molar-refractivity contribution is 7.99. The van der Waals surface area contributed by atoms with Gasteiger partial charge in [0, 0.05) is 5.69 Å². The van der Waals surface area contributed by atoms with Crippen LogP contribution in [0.3, 0.4) is 0 Å². The Kier molecular flexibility index (Phi) is 5.14. The van der Waals surface area contributed by atoms with Crippen molar-refractivity contribution < 1.29 is 13.6 Å². The van der Waals surface area contributed by atoms with Crippen LogP contribution in [0, 0.1) is 26.6 Å². The molecular weight excluding hydrogens is 363 g/mol. The van der Waals surface area contributed by atoms with Crippen LogP contribution in [0.1, 0.15) is 16.3 Å². The second-order valence-corrected chi connectivity index (χ2v) is 7.45. The Balaban J connectivity index is 1.59. The maximum atomic E-state index is 13.5. The third kappa shape index (κ3) is 4.23. The van der Waals surface area contributed by atoms with Crippen molar-refractivity contribution in [3.8, 4) is 10.8 Å². The number of rotatable bonds is 5. The number of hydrogen-bond acceptors (Lipinski definition) is 7. The van der Waals surface area contributed by atoms with Gasteiger partial charge in [-0.1, -0.05) is 17.8 Å². The van der Waals surface area contributed by atoms with Crippen molar-refractivity contribution in [2.75, 3.05) is 11.1 Å². The van der Waals surface area contributed by atoms with E-state index in [4.69, 9.17) is 4.42 Å². The fraction of sp³-hybridized carbons (Fsp3) is 0.250. The Morgan fingerprint density at radius 1 is 1.32 bits per heavy atom. The zero-order valence-corrected chi connectivity index (χ0v) is 15.4. The third-order valence-corrected chi connectivity index (χ3v) is 5.17. The van der Waals surface area contributed by atoms with Crippen molar-refractivity contribution in [1.29, 1.82) is 0 Å². The van der Waals surface area contributed by atoms with Crippen molar-refractivity contribution in [3.05, 3.63) is 40.3 Å². The van der Waals surface area contributed by atoms with Crippen LogP contribution in [0.4, 0.5) is 10.1 Å².